The normalized spacial score (nSPS) is 14.2. The van der Waals surface area contributed by atoms with Gasteiger partial charge in [-0.25, -0.2) is 0 Å². The molecule has 31 heavy (non-hydrogen) atoms. The molecule has 1 amide bonds. The largest absolute Gasteiger partial charge is 0.361 e. The van der Waals surface area contributed by atoms with Crippen LogP contribution in [-0.4, -0.2) is 28.9 Å². The molecule has 1 fully saturated rings. The Labute approximate surface area is 186 Å². The lowest BCUT2D eigenvalue weighted by Crippen LogP contribution is -2.35. The number of H-pyrrole nitrogens is 1. The van der Waals surface area contributed by atoms with E-state index in [0.29, 0.717) is 5.91 Å². The third-order valence-electron chi connectivity index (χ3n) is 6.23. The van der Waals surface area contributed by atoms with E-state index < -0.39 is 0 Å². The average Bonchev–Trinajstić information content (AvgIpc) is 3.57. The highest BCUT2D eigenvalue weighted by Gasteiger charge is 2.33. The monoisotopic (exact) mass is 414 g/mol. The predicted molar refractivity (Wildman–Crippen MR) is 130 cm³/mol. The number of hydrogen-bond donors (Lipinski definition) is 1. The number of benzene rings is 2. The van der Waals surface area contributed by atoms with Crippen LogP contribution in [0.3, 0.4) is 0 Å². The lowest BCUT2D eigenvalue weighted by molar-refractivity contribution is -0.132. The minimum absolute atomic E-state index is 0.247. The highest BCUT2D eigenvalue weighted by Crippen LogP contribution is 2.32. The molecule has 0 saturated heterocycles. The van der Waals surface area contributed by atoms with Crippen molar-refractivity contribution in [2.75, 3.05) is 13.1 Å². The van der Waals surface area contributed by atoms with Gasteiger partial charge >= 0.3 is 0 Å². The number of unbranched alkanes of at least 4 members (excludes halogenated alkanes) is 2. The number of carbonyl (C=O) groups is 1. The summed E-state index contributed by atoms with van der Waals surface area (Å²) < 4.78 is 0. The fourth-order valence-electron chi connectivity index (χ4n) is 4.28. The minimum Gasteiger partial charge on any atom is -0.361 e. The first kappa shape index (κ1) is 21.4. The summed E-state index contributed by atoms with van der Waals surface area (Å²) in [5, 5.41) is 1.27. The Morgan fingerprint density at radius 1 is 1.06 bits per heavy atom. The second kappa shape index (κ2) is 10.5. The van der Waals surface area contributed by atoms with Gasteiger partial charge < -0.3 is 9.88 Å². The summed E-state index contributed by atoms with van der Waals surface area (Å²) in [7, 11) is 0. The standard InChI is InChI=1S/C28H34N2O/c1-2-3-5-12-23(19-22-10-6-4-7-11-22)21-30(28(31)24-15-16-24)18-17-25-20-29-27-14-9-8-13-26(25)27/h4,6-11,13-14,19-20,24,29H,2-3,5,12,15-18,21H2,1H3. The number of nitrogens with one attached hydrogen (secondary N) is 1. The van der Waals surface area contributed by atoms with E-state index in [-0.39, 0.29) is 5.92 Å². The molecule has 0 bridgehead atoms. The summed E-state index contributed by atoms with van der Waals surface area (Å²) in [6, 6.07) is 18.9. The predicted octanol–water partition coefficient (Wildman–Crippen LogP) is 6.61. The maximum atomic E-state index is 13.1. The number of nitrogens with zero attached hydrogens (tertiary/aromatic N) is 1. The number of amides is 1. The van der Waals surface area contributed by atoms with Crippen LogP contribution in [0.25, 0.3) is 17.0 Å². The summed E-state index contributed by atoms with van der Waals surface area (Å²) in [5.41, 5.74) is 5.06. The fourth-order valence-corrected chi connectivity index (χ4v) is 4.28. The van der Waals surface area contributed by atoms with Crippen molar-refractivity contribution in [3.05, 3.63) is 77.5 Å². The van der Waals surface area contributed by atoms with Crippen LogP contribution in [0.15, 0.2) is 66.4 Å². The molecule has 0 spiro atoms. The SMILES string of the molecule is CCCCCC(=Cc1ccccc1)CN(CCc1c[nH]c2ccccc12)C(=O)C1CC1. The summed E-state index contributed by atoms with van der Waals surface area (Å²) >= 11 is 0. The molecule has 1 aliphatic carbocycles. The Hall–Kier alpha value is -2.81. The van der Waals surface area contributed by atoms with E-state index in [4.69, 9.17) is 0 Å². The zero-order chi connectivity index (χ0) is 21.5. The Kier molecular flexibility index (Phi) is 7.24. The van der Waals surface area contributed by atoms with Crippen molar-refractivity contribution >= 4 is 22.9 Å². The summed E-state index contributed by atoms with van der Waals surface area (Å²) in [6.07, 6.45) is 12.1. The molecule has 3 nitrogen and oxygen atoms in total. The van der Waals surface area contributed by atoms with Crippen LogP contribution >= 0.6 is 0 Å². The van der Waals surface area contributed by atoms with Crippen molar-refractivity contribution in [1.82, 2.24) is 9.88 Å². The van der Waals surface area contributed by atoms with Gasteiger partial charge in [-0.2, -0.15) is 0 Å². The summed E-state index contributed by atoms with van der Waals surface area (Å²) in [6.45, 7) is 3.76. The molecule has 2 aromatic carbocycles. The molecule has 1 N–H and O–H groups in total. The Bertz CT molecular complexity index is 1010. The molecular weight excluding hydrogens is 380 g/mol. The molecule has 1 saturated carbocycles. The molecule has 0 atom stereocenters. The molecular formula is C28H34N2O. The first-order chi connectivity index (χ1) is 15.2. The number of aromatic nitrogens is 1. The molecule has 162 valence electrons. The van der Waals surface area contributed by atoms with Gasteiger partial charge in [-0.1, -0.05) is 79.9 Å². The van der Waals surface area contributed by atoms with E-state index in [0.717, 1.165) is 38.8 Å². The van der Waals surface area contributed by atoms with E-state index in [1.807, 2.05) is 0 Å². The number of aromatic amines is 1. The number of para-hydroxylation sites is 1. The molecule has 0 aliphatic heterocycles. The first-order valence-corrected chi connectivity index (χ1v) is 11.8. The topological polar surface area (TPSA) is 36.1 Å². The molecule has 0 radical (unpaired) electrons. The van der Waals surface area contributed by atoms with Crippen molar-refractivity contribution in [2.45, 2.75) is 51.9 Å². The maximum Gasteiger partial charge on any atom is 0.225 e. The van der Waals surface area contributed by atoms with Gasteiger partial charge in [0.15, 0.2) is 0 Å². The van der Waals surface area contributed by atoms with Crippen molar-refractivity contribution in [3.63, 3.8) is 0 Å². The van der Waals surface area contributed by atoms with Crippen molar-refractivity contribution < 1.29 is 4.79 Å². The minimum atomic E-state index is 0.247. The van der Waals surface area contributed by atoms with Gasteiger partial charge in [0, 0.05) is 36.1 Å². The third kappa shape index (κ3) is 5.88. The van der Waals surface area contributed by atoms with Crippen molar-refractivity contribution in [1.29, 1.82) is 0 Å². The van der Waals surface area contributed by atoms with Crippen LogP contribution < -0.4 is 0 Å². The Morgan fingerprint density at radius 3 is 2.61 bits per heavy atom. The maximum absolute atomic E-state index is 13.1. The van der Waals surface area contributed by atoms with Gasteiger partial charge in [0.2, 0.25) is 5.91 Å². The summed E-state index contributed by atoms with van der Waals surface area (Å²) in [4.78, 5) is 18.6. The zero-order valence-electron chi connectivity index (χ0n) is 18.6. The molecule has 4 rings (SSSR count). The molecule has 1 aliphatic rings. The van der Waals surface area contributed by atoms with E-state index in [1.165, 1.54) is 46.9 Å². The van der Waals surface area contributed by atoms with E-state index >= 15 is 0 Å². The lowest BCUT2D eigenvalue weighted by atomic mass is 10.0. The third-order valence-corrected chi connectivity index (χ3v) is 6.23. The van der Waals surface area contributed by atoms with Gasteiger partial charge in [-0.3, -0.25) is 4.79 Å². The average molecular weight is 415 g/mol. The summed E-state index contributed by atoms with van der Waals surface area (Å²) in [5.74, 6) is 0.589. The molecule has 1 aromatic heterocycles. The van der Waals surface area contributed by atoms with E-state index in [2.05, 4.69) is 83.7 Å². The van der Waals surface area contributed by atoms with Crippen LogP contribution in [0.4, 0.5) is 0 Å². The van der Waals surface area contributed by atoms with Crippen LogP contribution in [0.5, 0.6) is 0 Å². The quantitative estimate of drug-likeness (QED) is 0.352. The first-order valence-electron chi connectivity index (χ1n) is 11.8. The van der Waals surface area contributed by atoms with Crippen molar-refractivity contribution in [2.24, 2.45) is 5.92 Å². The van der Waals surface area contributed by atoms with Gasteiger partial charge in [0.1, 0.15) is 0 Å². The molecule has 0 unspecified atom stereocenters. The zero-order valence-corrected chi connectivity index (χ0v) is 18.6. The second-order valence-corrected chi connectivity index (χ2v) is 8.81. The molecule has 3 heteroatoms. The van der Waals surface area contributed by atoms with Crippen LogP contribution in [0.1, 0.15) is 56.6 Å². The van der Waals surface area contributed by atoms with E-state index in [1.54, 1.807) is 0 Å². The van der Waals surface area contributed by atoms with Crippen molar-refractivity contribution in [3.8, 4) is 0 Å². The van der Waals surface area contributed by atoms with Crippen LogP contribution in [-0.2, 0) is 11.2 Å². The Balaban J connectivity index is 1.50. The number of fused-ring (bicyclic) bond motifs is 1. The van der Waals surface area contributed by atoms with Crippen LogP contribution in [0.2, 0.25) is 0 Å². The smallest absolute Gasteiger partial charge is 0.225 e. The van der Waals surface area contributed by atoms with E-state index in [9.17, 15) is 4.79 Å². The number of carbonyl (C=O) groups excluding carboxylic acids is 1. The van der Waals surface area contributed by atoms with Gasteiger partial charge in [-0.05, 0) is 49.3 Å². The second-order valence-electron chi connectivity index (χ2n) is 8.81. The number of rotatable bonds is 11. The van der Waals surface area contributed by atoms with Gasteiger partial charge in [0.25, 0.3) is 0 Å². The lowest BCUT2D eigenvalue weighted by Gasteiger charge is -2.25. The fraction of sp³-hybridized carbons (Fsp3) is 0.393. The highest BCUT2D eigenvalue weighted by atomic mass is 16.2. The van der Waals surface area contributed by atoms with Gasteiger partial charge in [-0.15, -0.1) is 0 Å². The molecule has 3 aromatic rings. The number of hydrogen-bond acceptors (Lipinski definition) is 1. The van der Waals surface area contributed by atoms with Crippen LogP contribution in [0, 0.1) is 5.92 Å². The molecule has 1 heterocycles. The van der Waals surface area contributed by atoms with Gasteiger partial charge in [0.05, 0.1) is 0 Å². The highest BCUT2D eigenvalue weighted by molar-refractivity contribution is 5.84. The Morgan fingerprint density at radius 2 is 1.84 bits per heavy atom.